The normalized spacial score (nSPS) is 11.6. The summed E-state index contributed by atoms with van der Waals surface area (Å²) in [5, 5.41) is 7.26. The van der Waals surface area contributed by atoms with Crippen molar-refractivity contribution in [3.63, 3.8) is 0 Å². The van der Waals surface area contributed by atoms with E-state index in [1.54, 1.807) is 0 Å². The standard InChI is InChI=1S/C32H23OP/c33-34(26-15-3-1-4-16-26,27-17-5-2-6-18-27)31-22-12-11-21-30(31)32-28-19-9-7-13-24(28)23-25-14-8-10-20-29(25)32/h1-23H. The minimum atomic E-state index is -3.14. The first-order valence-electron chi connectivity index (χ1n) is 11.5. The van der Waals surface area contributed by atoms with Gasteiger partial charge in [-0.15, -0.1) is 0 Å². The van der Waals surface area contributed by atoms with E-state index in [0.717, 1.165) is 27.0 Å². The fourth-order valence-corrected chi connectivity index (χ4v) is 7.83. The van der Waals surface area contributed by atoms with Crippen molar-refractivity contribution in [1.82, 2.24) is 0 Å². The second-order valence-corrected chi connectivity index (χ2v) is 11.2. The third kappa shape index (κ3) is 3.29. The maximum absolute atomic E-state index is 15.3. The molecule has 0 amide bonds. The highest BCUT2D eigenvalue weighted by molar-refractivity contribution is 7.85. The first kappa shape index (κ1) is 20.7. The summed E-state index contributed by atoms with van der Waals surface area (Å²) >= 11 is 0. The zero-order valence-electron chi connectivity index (χ0n) is 18.6. The summed E-state index contributed by atoms with van der Waals surface area (Å²) in [6, 6.07) is 47.2. The zero-order chi connectivity index (χ0) is 23.0. The maximum Gasteiger partial charge on any atom is 0.171 e. The molecule has 2 heteroatoms. The molecule has 0 aliphatic carbocycles. The molecule has 0 fully saturated rings. The van der Waals surface area contributed by atoms with E-state index in [1.165, 1.54) is 21.5 Å². The largest absolute Gasteiger partial charge is 0.309 e. The molecule has 6 aromatic carbocycles. The van der Waals surface area contributed by atoms with E-state index < -0.39 is 7.14 Å². The van der Waals surface area contributed by atoms with Crippen LogP contribution in [0, 0.1) is 0 Å². The van der Waals surface area contributed by atoms with Crippen LogP contribution in [0.15, 0.2) is 140 Å². The molecule has 162 valence electrons. The van der Waals surface area contributed by atoms with Crippen LogP contribution in [0.3, 0.4) is 0 Å². The molecule has 0 heterocycles. The molecule has 0 spiro atoms. The van der Waals surface area contributed by atoms with E-state index in [-0.39, 0.29) is 0 Å². The highest BCUT2D eigenvalue weighted by Crippen LogP contribution is 2.47. The lowest BCUT2D eigenvalue weighted by Crippen LogP contribution is -2.26. The maximum atomic E-state index is 15.3. The lowest BCUT2D eigenvalue weighted by Gasteiger charge is -2.24. The van der Waals surface area contributed by atoms with Gasteiger partial charge in [-0.25, -0.2) is 0 Å². The van der Waals surface area contributed by atoms with Crippen molar-refractivity contribution < 1.29 is 4.57 Å². The van der Waals surface area contributed by atoms with E-state index >= 15 is 4.57 Å². The van der Waals surface area contributed by atoms with Crippen LogP contribution in [0.2, 0.25) is 0 Å². The molecule has 6 rings (SSSR count). The topological polar surface area (TPSA) is 17.1 Å². The molecule has 0 aromatic heterocycles. The molecule has 0 saturated heterocycles. The van der Waals surface area contributed by atoms with Gasteiger partial charge in [0.2, 0.25) is 0 Å². The fourth-order valence-electron chi connectivity index (χ4n) is 4.97. The van der Waals surface area contributed by atoms with E-state index in [4.69, 9.17) is 0 Å². The Labute approximate surface area is 199 Å². The lowest BCUT2D eigenvalue weighted by molar-refractivity contribution is 0.592. The highest BCUT2D eigenvalue weighted by atomic mass is 31.2. The summed E-state index contributed by atoms with van der Waals surface area (Å²) in [6.07, 6.45) is 0. The van der Waals surface area contributed by atoms with Crippen LogP contribution in [0.5, 0.6) is 0 Å². The van der Waals surface area contributed by atoms with Gasteiger partial charge in [0.15, 0.2) is 7.14 Å². The quantitative estimate of drug-likeness (QED) is 0.202. The van der Waals surface area contributed by atoms with E-state index in [1.807, 2.05) is 72.8 Å². The predicted molar refractivity (Wildman–Crippen MR) is 146 cm³/mol. The van der Waals surface area contributed by atoms with Crippen LogP contribution in [-0.4, -0.2) is 0 Å². The van der Waals surface area contributed by atoms with Gasteiger partial charge in [0.1, 0.15) is 0 Å². The molecule has 0 unspecified atom stereocenters. The molecule has 0 saturated carbocycles. The van der Waals surface area contributed by atoms with Crippen LogP contribution in [0.25, 0.3) is 32.7 Å². The molecule has 34 heavy (non-hydrogen) atoms. The summed E-state index contributed by atoms with van der Waals surface area (Å²) in [4.78, 5) is 0. The van der Waals surface area contributed by atoms with Crippen molar-refractivity contribution in [2.45, 2.75) is 0 Å². The second-order valence-electron chi connectivity index (χ2n) is 8.49. The Balaban J connectivity index is 1.76. The zero-order valence-corrected chi connectivity index (χ0v) is 19.5. The monoisotopic (exact) mass is 454 g/mol. The molecule has 0 bridgehead atoms. The van der Waals surface area contributed by atoms with Gasteiger partial charge in [-0.3, -0.25) is 0 Å². The summed E-state index contributed by atoms with van der Waals surface area (Å²) < 4.78 is 15.3. The van der Waals surface area contributed by atoms with E-state index in [2.05, 4.69) is 66.7 Å². The smallest absolute Gasteiger partial charge is 0.171 e. The highest BCUT2D eigenvalue weighted by Gasteiger charge is 2.32. The van der Waals surface area contributed by atoms with Gasteiger partial charge >= 0.3 is 0 Å². The van der Waals surface area contributed by atoms with Gasteiger partial charge in [-0.2, -0.15) is 0 Å². The van der Waals surface area contributed by atoms with Crippen molar-refractivity contribution in [2.75, 3.05) is 0 Å². The first-order valence-corrected chi connectivity index (χ1v) is 13.2. The number of benzene rings is 6. The molecule has 6 aromatic rings. The van der Waals surface area contributed by atoms with Crippen molar-refractivity contribution in [2.24, 2.45) is 0 Å². The average molecular weight is 455 g/mol. The molecule has 0 N–H and O–H groups in total. The Morgan fingerprint density at radius 2 is 0.882 bits per heavy atom. The number of rotatable bonds is 4. The van der Waals surface area contributed by atoms with E-state index in [0.29, 0.717) is 0 Å². The number of hydrogen-bond donors (Lipinski definition) is 0. The van der Waals surface area contributed by atoms with Gasteiger partial charge in [0, 0.05) is 15.9 Å². The summed E-state index contributed by atoms with van der Waals surface area (Å²) in [7, 11) is -3.14. The second kappa shape index (κ2) is 8.45. The van der Waals surface area contributed by atoms with Crippen molar-refractivity contribution in [1.29, 1.82) is 0 Å². The summed E-state index contributed by atoms with van der Waals surface area (Å²) in [5.41, 5.74) is 2.16. The van der Waals surface area contributed by atoms with Crippen LogP contribution < -0.4 is 15.9 Å². The van der Waals surface area contributed by atoms with Crippen LogP contribution in [-0.2, 0) is 4.57 Å². The Hall–Kier alpha value is -3.93. The van der Waals surface area contributed by atoms with Crippen LogP contribution >= 0.6 is 7.14 Å². The molecule has 0 atom stereocenters. The molecular formula is C32H23OP. The SMILES string of the molecule is O=P(c1ccccc1)(c1ccccc1)c1ccccc1-c1c2ccccc2cc2ccccc12. The minimum absolute atomic E-state index is 0.846. The summed E-state index contributed by atoms with van der Waals surface area (Å²) in [6.45, 7) is 0. The first-order chi connectivity index (χ1) is 16.8. The molecule has 0 aliphatic rings. The number of hydrogen-bond acceptors (Lipinski definition) is 1. The molecular weight excluding hydrogens is 431 g/mol. The predicted octanol–water partition coefficient (Wildman–Crippen LogP) is 7.30. The van der Waals surface area contributed by atoms with Gasteiger partial charge in [-0.1, -0.05) is 133 Å². The summed E-state index contributed by atoms with van der Waals surface area (Å²) in [5.74, 6) is 0. The van der Waals surface area contributed by atoms with Crippen molar-refractivity contribution in [3.8, 4) is 11.1 Å². The van der Waals surface area contributed by atoms with Gasteiger partial charge in [0.25, 0.3) is 0 Å². The molecule has 0 radical (unpaired) electrons. The molecule has 0 aliphatic heterocycles. The van der Waals surface area contributed by atoms with Crippen LogP contribution in [0.4, 0.5) is 0 Å². The lowest BCUT2D eigenvalue weighted by atomic mass is 9.92. The van der Waals surface area contributed by atoms with Gasteiger partial charge in [-0.05, 0) is 38.7 Å². The average Bonchev–Trinajstić information content (AvgIpc) is 2.92. The Kier molecular flexibility index (Phi) is 5.13. The Bertz CT molecular complexity index is 1570. The Morgan fingerprint density at radius 1 is 0.441 bits per heavy atom. The van der Waals surface area contributed by atoms with Gasteiger partial charge < -0.3 is 4.57 Å². The minimum Gasteiger partial charge on any atom is -0.309 e. The van der Waals surface area contributed by atoms with Gasteiger partial charge in [0.05, 0.1) is 0 Å². The fraction of sp³-hybridized carbons (Fsp3) is 0. The van der Waals surface area contributed by atoms with Crippen molar-refractivity contribution >= 4 is 44.6 Å². The molecule has 1 nitrogen and oxygen atoms in total. The van der Waals surface area contributed by atoms with E-state index in [9.17, 15) is 0 Å². The third-order valence-electron chi connectivity index (χ3n) is 6.52. The Morgan fingerprint density at radius 3 is 1.44 bits per heavy atom. The third-order valence-corrected chi connectivity index (χ3v) is 9.64. The number of fused-ring (bicyclic) bond motifs is 2. The van der Waals surface area contributed by atoms with Crippen molar-refractivity contribution in [3.05, 3.63) is 140 Å². The van der Waals surface area contributed by atoms with Crippen LogP contribution in [0.1, 0.15) is 0 Å².